The normalized spacial score (nSPS) is 24.5. The first-order valence-electron chi connectivity index (χ1n) is 8.20. The smallest absolute Gasteiger partial charge is 0.326 e. The Balaban J connectivity index is 0.00000338. The molecule has 0 spiro atoms. The van der Waals surface area contributed by atoms with Crippen LogP contribution in [0.5, 0.6) is 0 Å². The van der Waals surface area contributed by atoms with Crippen LogP contribution in [0, 0.1) is 11.3 Å². The molecule has 2 rings (SSSR count). The van der Waals surface area contributed by atoms with E-state index in [1.165, 1.54) is 11.8 Å². The summed E-state index contributed by atoms with van der Waals surface area (Å²) in [6.07, 6.45) is 1.80. The lowest BCUT2D eigenvalue weighted by Gasteiger charge is -2.46. The standard InChI is InChI=1S/C15H23N5O5.ClH/c1-8(21)20-11(9(12(20)22)4-2-6-18-15(16)17)13(23)19-7-3-5-10(19)14(24)25;/h9-11H,2-7H2,1H3,(H,24,25)(H4,16,17,18);1H/t9-,10?,11+;/m1./s1. The Morgan fingerprint density at radius 1 is 1.38 bits per heavy atom. The summed E-state index contributed by atoms with van der Waals surface area (Å²) in [5.41, 5.74) is 5.18. The molecule has 3 amide bonds. The van der Waals surface area contributed by atoms with Crippen LogP contribution in [0.15, 0.2) is 0 Å². The van der Waals surface area contributed by atoms with Crippen LogP contribution in [-0.4, -0.2) is 69.7 Å². The number of carbonyl (C=O) groups is 4. The topological polar surface area (TPSA) is 157 Å². The van der Waals surface area contributed by atoms with Gasteiger partial charge in [-0.25, -0.2) is 4.79 Å². The summed E-state index contributed by atoms with van der Waals surface area (Å²) in [7, 11) is 0. The predicted octanol–water partition coefficient (Wildman–Crippen LogP) is -0.879. The second-order valence-corrected chi connectivity index (χ2v) is 6.29. The van der Waals surface area contributed by atoms with Crippen molar-refractivity contribution in [2.24, 2.45) is 11.7 Å². The van der Waals surface area contributed by atoms with Crippen LogP contribution in [0.3, 0.4) is 0 Å². The molecule has 26 heavy (non-hydrogen) atoms. The van der Waals surface area contributed by atoms with E-state index in [0.717, 1.165) is 4.90 Å². The number of rotatable bonds is 6. The van der Waals surface area contributed by atoms with Gasteiger partial charge in [-0.05, 0) is 25.7 Å². The lowest BCUT2D eigenvalue weighted by molar-refractivity contribution is -0.174. The number of likely N-dealkylation sites (tertiary alicyclic amines) is 2. The Bertz CT molecular complexity index is 613. The zero-order chi connectivity index (χ0) is 18.7. The van der Waals surface area contributed by atoms with Gasteiger partial charge in [0.1, 0.15) is 12.1 Å². The highest BCUT2D eigenvalue weighted by Crippen LogP contribution is 2.34. The van der Waals surface area contributed by atoms with Gasteiger partial charge >= 0.3 is 5.97 Å². The van der Waals surface area contributed by atoms with E-state index < -0.39 is 41.7 Å². The molecule has 3 atom stereocenters. The van der Waals surface area contributed by atoms with Gasteiger partial charge in [-0.3, -0.25) is 24.7 Å². The summed E-state index contributed by atoms with van der Waals surface area (Å²) in [5, 5.41) is 18.9. The number of hydrogen-bond acceptors (Lipinski definition) is 5. The number of amides is 3. The number of β-lactam (4-membered cyclic amide) rings is 1. The molecule has 2 aliphatic rings. The van der Waals surface area contributed by atoms with Gasteiger partial charge in [-0.15, -0.1) is 12.4 Å². The zero-order valence-corrected chi connectivity index (χ0v) is 15.3. The van der Waals surface area contributed by atoms with Crippen molar-refractivity contribution in [1.29, 1.82) is 5.41 Å². The summed E-state index contributed by atoms with van der Waals surface area (Å²) in [4.78, 5) is 50.2. The summed E-state index contributed by atoms with van der Waals surface area (Å²) in [5.74, 6) is -3.33. The summed E-state index contributed by atoms with van der Waals surface area (Å²) in [6, 6.07) is -1.85. The quantitative estimate of drug-likeness (QED) is 0.199. The number of guanidine groups is 1. The first-order chi connectivity index (χ1) is 11.8. The minimum atomic E-state index is -1.08. The number of halogens is 1. The van der Waals surface area contributed by atoms with E-state index in [1.807, 2.05) is 0 Å². The Morgan fingerprint density at radius 3 is 2.58 bits per heavy atom. The maximum atomic E-state index is 12.8. The van der Waals surface area contributed by atoms with Crippen molar-refractivity contribution in [3.05, 3.63) is 0 Å². The highest BCUT2D eigenvalue weighted by molar-refractivity contribution is 6.09. The van der Waals surface area contributed by atoms with Crippen LogP contribution >= 0.6 is 12.4 Å². The third kappa shape index (κ3) is 4.24. The molecule has 2 fully saturated rings. The fraction of sp³-hybridized carbons (Fsp3) is 0.667. The average molecular weight is 390 g/mol. The molecule has 0 saturated carbocycles. The predicted molar refractivity (Wildman–Crippen MR) is 93.6 cm³/mol. The number of carbonyl (C=O) groups excluding carboxylic acids is 3. The van der Waals surface area contributed by atoms with E-state index in [4.69, 9.17) is 11.1 Å². The Labute approximate surface area is 157 Å². The third-order valence-electron chi connectivity index (χ3n) is 4.63. The summed E-state index contributed by atoms with van der Waals surface area (Å²) < 4.78 is 0. The van der Waals surface area contributed by atoms with Gasteiger partial charge in [0.25, 0.3) is 0 Å². The molecule has 0 aromatic heterocycles. The monoisotopic (exact) mass is 389 g/mol. The number of imide groups is 1. The van der Waals surface area contributed by atoms with Crippen molar-refractivity contribution in [2.45, 2.75) is 44.7 Å². The minimum Gasteiger partial charge on any atom is -0.480 e. The fourth-order valence-electron chi connectivity index (χ4n) is 3.47. The molecule has 2 aliphatic heterocycles. The molecule has 1 unspecified atom stereocenters. The van der Waals surface area contributed by atoms with Crippen LogP contribution in [0.4, 0.5) is 0 Å². The van der Waals surface area contributed by atoms with Gasteiger partial charge in [0.15, 0.2) is 5.96 Å². The van der Waals surface area contributed by atoms with E-state index in [1.54, 1.807) is 0 Å². The first-order valence-corrected chi connectivity index (χ1v) is 8.20. The number of nitrogens with one attached hydrogen (secondary N) is 2. The van der Waals surface area contributed by atoms with Crippen LogP contribution in [0.2, 0.25) is 0 Å². The van der Waals surface area contributed by atoms with Crippen molar-refractivity contribution in [3.63, 3.8) is 0 Å². The Kier molecular flexibility index (Phi) is 7.37. The number of aliphatic carboxylic acids is 1. The molecule has 2 saturated heterocycles. The van der Waals surface area contributed by atoms with Crippen LogP contribution in [-0.2, 0) is 19.2 Å². The molecule has 146 valence electrons. The number of nitrogens with zero attached hydrogens (tertiary/aromatic N) is 2. The number of carboxylic acids is 1. The average Bonchev–Trinajstić information content (AvgIpc) is 3.00. The van der Waals surface area contributed by atoms with Crippen molar-refractivity contribution >= 4 is 42.1 Å². The SMILES string of the molecule is CC(=O)N1C(=O)[C@H](CCCNC(=N)N)[C@H]1C(=O)N1CCCC1C(=O)O.Cl. The van der Waals surface area contributed by atoms with E-state index in [-0.39, 0.29) is 18.4 Å². The molecule has 0 aromatic carbocycles. The lowest BCUT2D eigenvalue weighted by atomic mass is 9.82. The molecular formula is C15H24ClN5O5. The van der Waals surface area contributed by atoms with Crippen molar-refractivity contribution < 1.29 is 24.3 Å². The van der Waals surface area contributed by atoms with Crippen LogP contribution < -0.4 is 11.1 Å². The van der Waals surface area contributed by atoms with E-state index in [2.05, 4.69) is 5.32 Å². The molecule has 0 aromatic rings. The molecule has 11 heteroatoms. The van der Waals surface area contributed by atoms with Gasteiger partial charge in [0, 0.05) is 20.0 Å². The Morgan fingerprint density at radius 2 is 2.04 bits per heavy atom. The second-order valence-electron chi connectivity index (χ2n) is 6.29. The lowest BCUT2D eigenvalue weighted by Crippen LogP contribution is -2.68. The maximum Gasteiger partial charge on any atom is 0.326 e. The van der Waals surface area contributed by atoms with Crippen molar-refractivity contribution in [1.82, 2.24) is 15.1 Å². The van der Waals surface area contributed by atoms with Gasteiger partial charge in [0.2, 0.25) is 17.7 Å². The molecule has 0 radical (unpaired) electrons. The first kappa shape index (κ1) is 21.7. The van der Waals surface area contributed by atoms with E-state index in [0.29, 0.717) is 38.8 Å². The van der Waals surface area contributed by atoms with E-state index >= 15 is 0 Å². The molecule has 2 heterocycles. The Hall–Kier alpha value is -2.36. The number of carboxylic acid groups (broad SMARTS) is 1. The second kappa shape index (κ2) is 8.84. The van der Waals surface area contributed by atoms with Gasteiger partial charge < -0.3 is 21.1 Å². The van der Waals surface area contributed by atoms with Crippen molar-refractivity contribution in [3.8, 4) is 0 Å². The molecule has 0 aliphatic carbocycles. The summed E-state index contributed by atoms with van der Waals surface area (Å²) in [6.45, 7) is 1.90. The minimum absolute atomic E-state index is 0. The molecule has 5 N–H and O–H groups in total. The highest BCUT2D eigenvalue weighted by atomic mass is 35.5. The van der Waals surface area contributed by atoms with Gasteiger partial charge in [-0.2, -0.15) is 0 Å². The highest BCUT2D eigenvalue weighted by Gasteiger charge is 2.55. The fourth-order valence-corrected chi connectivity index (χ4v) is 3.47. The number of hydrogen-bond donors (Lipinski definition) is 4. The third-order valence-corrected chi connectivity index (χ3v) is 4.63. The van der Waals surface area contributed by atoms with Crippen LogP contribution in [0.25, 0.3) is 0 Å². The summed E-state index contributed by atoms with van der Waals surface area (Å²) >= 11 is 0. The van der Waals surface area contributed by atoms with Gasteiger partial charge in [-0.1, -0.05) is 0 Å². The molecule has 0 bridgehead atoms. The van der Waals surface area contributed by atoms with E-state index in [9.17, 15) is 24.3 Å². The van der Waals surface area contributed by atoms with Crippen LogP contribution in [0.1, 0.15) is 32.6 Å². The largest absolute Gasteiger partial charge is 0.480 e. The van der Waals surface area contributed by atoms with Crippen molar-refractivity contribution in [2.75, 3.05) is 13.1 Å². The zero-order valence-electron chi connectivity index (χ0n) is 14.4. The maximum absolute atomic E-state index is 12.8. The molecule has 10 nitrogen and oxygen atoms in total. The number of nitrogens with two attached hydrogens (primary N) is 1. The van der Waals surface area contributed by atoms with Gasteiger partial charge in [0.05, 0.1) is 5.92 Å². The molecular weight excluding hydrogens is 366 g/mol.